The van der Waals surface area contributed by atoms with Crippen molar-refractivity contribution in [2.24, 2.45) is 5.92 Å². The standard InChI is InChI=1S/C22H27N5O2/c1-13(2)11-26-15(4)14(3)20-21(26)23-12-27-22(20)24-19(25-27)10-16-7-8-17(28-5)18(9-16)29-6/h7-9,12-13H,10-11H2,1-6H3. The predicted octanol–water partition coefficient (Wildman–Crippen LogP) is 3.96. The van der Waals surface area contributed by atoms with E-state index in [-0.39, 0.29) is 0 Å². The van der Waals surface area contributed by atoms with Crippen LogP contribution in [-0.4, -0.2) is 38.4 Å². The van der Waals surface area contributed by atoms with Crippen LogP contribution in [0.15, 0.2) is 24.5 Å². The molecule has 0 atom stereocenters. The van der Waals surface area contributed by atoms with Crippen LogP contribution in [-0.2, 0) is 13.0 Å². The Balaban J connectivity index is 1.78. The third-order valence-corrected chi connectivity index (χ3v) is 5.35. The first-order valence-corrected chi connectivity index (χ1v) is 9.83. The molecule has 0 radical (unpaired) electrons. The highest BCUT2D eigenvalue weighted by Gasteiger charge is 2.18. The summed E-state index contributed by atoms with van der Waals surface area (Å²) in [6.07, 6.45) is 2.37. The van der Waals surface area contributed by atoms with Crippen molar-refractivity contribution in [2.75, 3.05) is 14.2 Å². The van der Waals surface area contributed by atoms with E-state index in [9.17, 15) is 0 Å². The van der Waals surface area contributed by atoms with Gasteiger partial charge in [0.2, 0.25) is 0 Å². The Morgan fingerprint density at radius 3 is 2.48 bits per heavy atom. The average molecular weight is 393 g/mol. The topological polar surface area (TPSA) is 66.5 Å². The molecule has 3 heterocycles. The fraction of sp³-hybridized carbons (Fsp3) is 0.409. The molecule has 0 amide bonds. The first kappa shape index (κ1) is 19.2. The number of hydrogen-bond acceptors (Lipinski definition) is 5. The van der Waals surface area contributed by atoms with Crippen LogP contribution < -0.4 is 9.47 Å². The molecule has 0 aliphatic heterocycles. The summed E-state index contributed by atoms with van der Waals surface area (Å²) in [4.78, 5) is 9.56. The van der Waals surface area contributed by atoms with E-state index in [0.29, 0.717) is 23.8 Å². The molecule has 0 aliphatic rings. The van der Waals surface area contributed by atoms with Gasteiger partial charge < -0.3 is 14.0 Å². The lowest BCUT2D eigenvalue weighted by atomic mass is 10.1. The molecule has 4 aromatic rings. The fourth-order valence-electron chi connectivity index (χ4n) is 3.81. The molecule has 0 spiro atoms. The van der Waals surface area contributed by atoms with Gasteiger partial charge in [0.25, 0.3) is 0 Å². The molecule has 0 bridgehead atoms. The van der Waals surface area contributed by atoms with E-state index in [2.05, 4.69) is 37.4 Å². The van der Waals surface area contributed by atoms with Crippen molar-refractivity contribution in [3.05, 3.63) is 47.2 Å². The van der Waals surface area contributed by atoms with E-state index in [1.54, 1.807) is 25.1 Å². The first-order valence-electron chi connectivity index (χ1n) is 9.83. The second kappa shape index (κ2) is 7.39. The molecular formula is C22H27N5O2. The number of fused-ring (bicyclic) bond motifs is 3. The van der Waals surface area contributed by atoms with Crippen LogP contribution in [0, 0.1) is 19.8 Å². The summed E-state index contributed by atoms with van der Waals surface area (Å²) in [6.45, 7) is 9.66. The van der Waals surface area contributed by atoms with Gasteiger partial charge in [-0.1, -0.05) is 19.9 Å². The summed E-state index contributed by atoms with van der Waals surface area (Å²) in [5.74, 6) is 2.71. The van der Waals surface area contributed by atoms with E-state index in [1.165, 1.54) is 11.3 Å². The predicted molar refractivity (Wildman–Crippen MR) is 113 cm³/mol. The number of ether oxygens (including phenoxy) is 2. The quantitative estimate of drug-likeness (QED) is 0.496. The third-order valence-electron chi connectivity index (χ3n) is 5.35. The number of nitrogens with zero attached hydrogens (tertiary/aromatic N) is 5. The Morgan fingerprint density at radius 2 is 1.79 bits per heavy atom. The van der Waals surface area contributed by atoms with Crippen molar-refractivity contribution >= 4 is 16.7 Å². The van der Waals surface area contributed by atoms with Crippen LogP contribution in [0.4, 0.5) is 0 Å². The summed E-state index contributed by atoms with van der Waals surface area (Å²) in [7, 11) is 3.27. The molecule has 4 rings (SSSR count). The normalized spacial score (nSPS) is 11.7. The van der Waals surface area contributed by atoms with Crippen LogP contribution in [0.5, 0.6) is 11.5 Å². The van der Waals surface area contributed by atoms with Gasteiger partial charge in [-0.25, -0.2) is 14.5 Å². The van der Waals surface area contributed by atoms with Crippen LogP contribution in [0.2, 0.25) is 0 Å². The Labute approximate surface area is 170 Å². The Morgan fingerprint density at radius 1 is 1.03 bits per heavy atom. The second-order valence-corrected chi connectivity index (χ2v) is 7.82. The van der Waals surface area contributed by atoms with Crippen molar-refractivity contribution in [1.82, 2.24) is 24.1 Å². The molecule has 0 saturated carbocycles. The highest BCUT2D eigenvalue weighted by molar-refractivity contribution is 5.93. The Bertz CT molecular complexity index is 1190. The van der Waals surface area contributed by atoms with E-state index in [1.807, 2.05) is 18.2 Å². The maximum absolute atomic E-state index is 5.41. The number of benzene rings is 1. The largest absolute Gasteiger partial charge is 0.493 e. The van der Waals surface area contributed by atoms with Gasteiger partial charge in [0.1, 0.15) is 12.0 Å². The van der Waals surface area contributed by atoms with Gasteiger partial charge >= 0.3 is 0 Å². The molecule has 152 valence electrons. The smallest absolute Gasteiger partial charge is 0.168 e. The monoisotopic (exact) mass is 393 g/mol. The molecule has 0 aliphatic carbocycles. The van der Waals surface area contributed by atoms with Gasteiger partial charge in [-0.05, 0) is 43.0 Å². The lowest BCUT2D eigenvalue weighted by molar-refractivity contribution is 0.354. The molecule has 1 aromatic carbocycles. The van der Waals surface area contributed by atoms with Gasteiger partial charge in [-0.2, -0.15) is 0 Å². The van der Waals surface area contributed by atoms with Crippen molar-refractivity contribution in [3.63, 3.8) is 0 Å². The number of aryl methyl sites for hydroxylation is 1. The van der Waals surface area contributed by atoms with Gasteiger partial charge in [-0.3, -0.25) is 0 Å². The van der Waals surface area contributed by atoms with Crippen molar-refractivity contribution < 1.29 is 9.47 Å². The van der Waals surface area contributed by atoms with E-state index in [0.717, 1.165) is 34.6 Å². The van der Waals surface area contributed by atoms with E-state index >= 15 is 0 Å². The van der Waals surface area contributed by atoms with Crippen molar-refractivity contribution in [1.29, 1.82) is 0 Å². The van der Waals surface area contributed by atoms with E-state index < -0.39 is 0 Å². The summed E-state index contributed by atoms with van der Waals surface area (Å²) in [5.41, 5.74) is 5.34. The zero-order valence-corrected chi connectivity index (χ0v) is 17.9. The van der Waals surface area contributed by atoms with Crippen LogP contribution in [0.1, 0.15) is 36.5 Å². The highest BCUT2D eigenvalue weighted by atomic mass is 16.5. The summed E-state index contributed by atoms with van der Waals surface area (Å²) < 4.78 is 14.8. The maximum atomic E-state index is 5.41. The minimum atomic E-state index is 0.542. The van der Waals surface area contributed by atoms with E-state index in [4.69, 9.17) is 19.4 Å². The summed E-state index contributed by atoms with van der Waals surface area (Å²) >= 11 is 0. The Kier molecular flexibility index (Phi) is 4.90. The molecule has 0 unspecified atom stereocenters. The molecule has 29 heavy (non-hydrogen) atoms. The van der Waals surface area contributed by atoms with Crippen LogP contribution >= 0.6 is 0 Å². The van der Waals surface area contributed by atoms with Gasteiger partial charge in [0.05, 0.1) is 19.6 Å². The van der Waals surface area contributed by atoms with Crippen LogP contribution in [0.3, 0.4) is 0 Å². The minimum absolute atomic E-state index is 0.542. The molecule has 3 aromatic heterocycles. The average Bonchev–Trinajstić information content (AvgIpc) is 3.21. The number of rotatable bonds is 6. The minimum Gasteiger partial charge on any atom is -0.493 e. The third kappa shape index (κ3) is 3.30. The fourth-order valence-corrected chi connectivity index (χ4v) is 3.81. The lowest BCUT2D eigenvalue weighted by Gasteiger charge is -2.10. The lowest BCUT2D eigenvalue weighted by Crippen LogP contribution is -2.07. The number of methoxy groups -OCH3 is 2. The molecule has 7 nitrogen and oxygen atoms in total. The van der Waals surface area contributed by atoms with Crippen LogP contribution in [0.25, 0.3) is 16.7 Å². The number of aromatic nitrogens is 5. The zero-order valence-electron chi connectivity index (χ0n) is 17.9. The highest BCUT2D eigenvalue weighted by Crippen LogP contribution is 2.30. The number of hydrogen-bond donors (Lipinski definition) is 0. The van der Waals surface area contributed by atoms with Crippen molar-refractivity contribution in [2.45, 2.75) is 40.7 Å². The molecule has 0 saturated heterocycles. The maximum Gasteiger partial charge on any atom is 0.168 e. The Hall–Kier alpha value is -3.09. The molecule has 0 N–H and O–H groups in total. The van der Waals surface area contributed by atoms with Gasteiger partial charge in [0.15, 0.2) is 23.0 Å². The molecule has 0 fully saturated rings. The first-order chi connectivity index (χ1) is 13.9. The summed E-state index contributed by atoms with van der Waals surface area (Å²) in [6, 6.07) is 5.88. The molecule has 7 heteroatoms. The van der Waals surface area contributed by atoms with Gasteiger partial charge in [0, 0.05) is 18.7 Å². The molecular weight excluding hydrogens is 366 g/mol. The SMILES string of the molecule is COc1ccc(Cc2nc3c4c(C)c(C)n(CC(C)C)c4ncn3n2)cc1OC. The zero-order chi connectivity index (χ0) is 20.7. The van der Waals surface area contributed by atoms with Gasteiger partial charge in [-0.15, -0.1) is 5.10 Å². The second-order valence-electron chi connectivity index (χ2n) is 7.82. The van der Waals surface area contributed by atoms with Crippen molar-refractivity contribution in [3.8, 4) is 11.5 Å². The summed E-state index contributed by atoms with van der Waals surface area (Å²) in [5, 5.41) is 5.74.